The molecule has 0 aromatic rings. The maximum absolute atomic E-state index is 10.1. The number of carbonyl (C=O) groups is 1. The van der Waals surface area contributed by atoms with E-state index in [1.54, 1.807) is 13.0 Å². The average Bonchev–Trinajstić information content (AvgIpc) is 1.88. The van der Waals surface area contributed by atoms with E-state index in [9.17, 15) is 9.90 Å². The zero-order valence-corrected chi connectivity index (χ0v) is 10.6. The van der Waals surface area contributed by atoms with Crippen LogP contribution in [0.2, 0.25) is 0 Å². The Labute approximate surface area is 110 Å². The molecule has 0 unspecified atom stereocenters. The van der Waals surface area contributed by atoms with E-state index >= 15 is 0 Å². The van der Waals surface area contributed by atoms with Gasteiger partial charge in [-0.25, -0.2) is 0 Å². The van der Waals surface area contributed by atoms with Gasteiger partial charge in [0.1, 0.15) is 0 Å². The summed E-state index contributed by atoms with van der Waals surface area (Å²) in [6.45, 7) is 3.63. The third-order valence-corrected chi connectivity index (χ3v) is 1.33. The fourth-order valence-corrected chi connectivity index (χ4v) is 0.606. The minimum atomic E-state index is -1.06. The molecule has 2 nitrogen and oxygen atoms in total. The standard InChI is InChI=1S/C8H14O2.K/c1-3-4-5-6-7(2)8(9)10;/h6H,3-5H2,1-2H3,(H,9,10);/q;+1/p-1. The molecule has 58 valence electrons. The van der Waals surface area contributed by atoms with Gasteiger partial charge in [-0.1, -0.05) is 25.8 Å². The van der Waals surface area contributed by atoms with Crippen molar-refractivity contribution in [3.63, 3.8) is 0 Å². The van der Waals surface area contributed by atoms with Crippen LogP contribution in [0.25, 0.3) is 0 Å². The van der Waals surface area contributed by atoms with E-state index in [1.807, 2.05) is 0 Å². The van der Waals surface area contributed by atoms with E-state index in [-0.39, 0.29) is 51.4 Å². The average molecular weight is 180 g/mol. The molecule has 0 fully saturated rings. The second kappa shape index (κ2) is 8.94. The third kappa shape index (κ3) is 8.76. The van der Waals surface area contributed by atoms with E-state index in [1.165, 1.54) is 0 Å². The molecular weight excluding hydrogens is 167 g/mol. The molecule has 0 aliphatic heterocycles. The Kier molecular flexibility index (Phi) is 11.7. The van der Waals surface area contributed by atoms with Crippen LogP contribution in [0.5, 0.6) is 0 Å². The van der Waals surface area contributed by atoms with Gasteiger partial charge in [0.25, 0.3) is 0 Å². The van der Waals surface area contributed by atoms with Crippen molar-refractivity contribution in [2.24, 2.45) is 0 Å². The van der Waals surface area contributed by atoms with E-state index in [2.05, 4.69) is 6.92 Å². The fourth-order valence-electron chi connectivity index (χ4n) is 0.606. The van der Waals surface area contributed by atoms with Crippen molar-refractivity contribution in [3.8, 4) is 0 Å². The normalized spacial score (nSPS) is 10.5. The topological polar surface area (TPSA) is 40.1 Å². The van der Waals surface area contributed by atoms with Gasteiger partial charge in [0.05, 0.1) is 5.97 Å². The molecule has 0 aliphatic rings. The smallest absolute Gasteiger partial charge is 0.545 e. The van der Waals surface area contributed by atoms with Crippen molar-refractivity contribution < 1.29 is 61.3 Å². The first-order chi connectivity index (χ1) is 4.68. The zero-order valence-electron chi connectivity index (χ0n) is 7.52. The van der Waals surface area contributed by atoms with E-state index in [0.29, 0.717) is 5.57 Å². The fraction of sp³-hybridized carbons (Fsp3) is 0.625. The molecule has 0 aliphatic carbocycles. The monoisotopic (exact) mass is 180 g/mol. The van der Waals surface area contributed by atoms with Crippen LogP contribution in [-0.2, 0) is 4.79 Å². The summed E-state index contributed by atoms with van der Waals surface area (Å²) in [4.78, 5) is 10.1. The molecule has 0 spiro atoms. The number of allylic oxidation sites excluding steroid dienone is 1. The van der Waals surface area contributed by atoms with Gasteiger partial charge in [-0.3, -0.25) is 0 Å². The van der Waals surface area contributed by atoms with E-state index < -0.39 is 5.97 Å². The maximum atomic E-state index is 10.1. The van der Waals surface area contributed by atoms with Crippen LogP contribution in [0.4, 0.5) is 0 Å². The summed E-state index contributed by atoms with van der Waals surface area (Å²) in [7, 11) is 0. The van der Waals surface area contributed by atoms with Crippen LogP contribution in [0, 0.1) is 0 Å². The number of hydrogen-bond acceptors (Lipinski definition) is 2. The molecule has 0 heterocycles. The Morgan fingerprint density at radius 1 is 1.55 bits per heavy atom. The molecule has 3 heteroatoms. The molecule has 0 bridgehead atoms. The molecule has 0 N–H and O–H groups in total. The predicted molar refractivity (Wildman–Crippen MR) is 38.3 cm³/mol. The van der Waals surface area contributed by atoms with Crippen molar-refractivity contribution in [2.45, 2.75) is 33.1 Å². The maximum Gasteiger partial charge on any atom is 1.00 e. The first kappa shape index (κ1) is 14.4. The zero-order chi connectivity index (χ0) is 7.98. The summed E-state index contributed by atoms with van der Waals surface area (Å²) in [6.07, 6.45) is 4.69. The van der Waals surface area contributed by atoms with Crippen molar-refractivity contribution in [1.29, 1.82) is 0 Å². The molecule has 0 amide bonds. The van der Waals surface area contributed by atoms with Crippen molar-refractivity contribution in [3.05, 3.63) is 11.6 Å². The van der Waals surface area contributed by atoms with Crippen LogP contribution < -0.4 is 56.5 Å². The molecule has 0 rings (SSSR count). The molecule has 0 saturated carbocycles. The second-order valence-electron chi connectivity index (χ2n) is 2.32. The number of carboxylic acids is 1. The Morgan fingerprint density at radius 2 is 2.09 bits per heavy atom. The van der Waals surface area contributed by atoms with Crippen molar-refractivity contribution in [1.82, 2.24) is 0 Å². The second-order valence-corrected chi connectivity index (χ2v) is 2.32. The predicted octanol–water partition coefficient (Wildman–Crippen LogP) is -2.12. The van der Waals surface area contributed by atoms with Gasteiger partial charge in [0, 0.05) is 0 Å². The van der Waals surface area contributed by atoms with Crippen LogP contribution in [0.3, 0.4) is 0 Å². The van der Waals surface area contributed by atoms with Crippen LogP contribution in [0.1, 0.15) is 33.1 Å². The van der Waals surface area contributed by atoms with Gasteiger partial charge in [-0.15, -0.1) is 0 Å². The molecule has 0 saturated heterocycles. The number of carboxylic acid groups (broad SMARTS) is 1. The van der Waals surface area contributed by atoms with Crippen LogP contribution in [-0.4, -0.2) is 5.97 Å². The van der Waals surface area contributed by atoms with Gasteiger partial charge in [0.2, 0.25) is 0 Å². The molecule has 0 aromatic heterocycles. The summed E-state index contributed by atoms with van der Waals surface area (Å²) >= 11 is 0. The quantitative estimate of drug-likeness (QED) is 0.282. The van der Waals surface area contributed by atoms with E-state index in [0.717, 1.165) is 19.3 Å². The Balaban J connectivity index is 0. The first-order valence-corrected chi connectivity index (χ1v) is 3.56. The summed E-state index contributed by atoms with van der Waals surface area (Å²) < 4.78 is 0. The number of rotatable bonds is 4. The van der Waals surface area contributed by atoms with Crippen LogP contribution in [0.15, 0.2) is 11.6 Å². The number of carbonyl (C=O) groups excluding carboxylic acids is 1. The minimum Gasteiger partial charge on any atom is -0.545 e. The third-order valence-electron chi connectivity index (χ3n) is 1.33. The minimum absolute atomic E-state index is 0. The van der Waals surface area contributed by atoms with E-state index in [4.69, 9.17) is 0 Å². The molecule has 0 atom stereocenters. The molecule has 0 aromatic carbocycles. The summed E-state index contributed by atoms with van der Waals surface area (Å²) in [5, 5.41) is 10.1. The summed E-state index contributed by atoms with van der Waals surface area (Å²) in [6, 6.07) is 0. The van der Waals surface area contributed by atoms with Gasteiger partial charge < -0.3 is 9.90 Å². The van der Waals surface area contributed by atoms with Gasteiger partial charge >= 0.3 is 51.4 Å². The summed E-state index contributed by atoms with van der Waals surface area (Å²) in [5.74, 6) is -1.06. The van der Waals surface area contributed by atoms with Crippen molar-refractivity contribution in [2.75, 3.05) is 0 Å². The summed E-state index contributed by atoms with van der Waals surface area (Å²) in [5.41, 5.74) is 0.341. The van der Waals surface area contributed by atoms with Crippen LogP contribution >= 0.6 is 0 Å². The molecule has 0 radical (unpaired) electrons. The molecular formula is C8H13KO2. The van der Waals surface area contributed by atoms with Crippen molar-refractivity contribution >= 4 is 5.97 Å². The Hall–Kier alpha value is 0.846. The SMILES string of the molecule is CCCCC=C(C)C(=O)[O-].[K+]. The van der Waals surface area contributed by atoms with Gasteiger partial charge in [-0.2, -0.15) is 0 Å². The van der Waals surface area contributed by atoms with Gasteiger partial charge in [-0.05, 0) is 18.9 Å². The Bertz CT molecular complexity index is 141. The Morgan fingerprint density at radius 3 is 2.45 bits per heavy atom. The largest absolute Gasteiger partial charge is 1.00 e. The number of hydrogen-bond donors (Lipinski definition) is 0. The first-order valence-electron chi connectivity index (χ1n) is 3.56. The molecule has 11 heavy (non-hydrogen) atoms. The number of aliphatic carboxylic acids is 1. The number of unbranched alkanes of at least 4 members (excludes halogenated alkanes) is 2. The van der Waals surface area contributed by atoms with Gasteiger partial charge in [0.15, 0.2) is 0 Å².